The average molecular weight is 289 g/mol. The van der Waals surface area contributed by atoms with E-state index in [0.29, 0.717) is 6.42 Å². The Hall–Kier alpha value is -2.17. The fourth-order valence-electron chi connectivity index (χ4n) is 2.77. The van der Waals surface area contributed by atoms with E-state index in [0.717, 1.165) is 5.56 Å². The molecule has 1 fully saturated rings. The van der Waals surface area contributed by atoms with Gasteiger partial charge in [0.1, 0.15) is 5.41 Å². The Kier molecular flexibility index (Phi) is 4.40. The smallest absolute Gasteiger partial charge is 0.317 e. The first-order valence-electron chi connectivity index (χ1n) is 7.05. The molecule has 1 aromatic rings. The molecule has 5 nitrogen and oxygen atoms in total. The Morgan fingerprint density at radius 1 is 1.29 bits per heavy atom. The van der Waals surface area contributed by atoms with Gasteiger partial charge in [-0.05, 0) is 18.9 Å². The van der Waals surface area contributed by atoms with Gasteiger partial charge in [0, 0.05) is 19.9 Å². The summed E-state index contributed by atoms with van der Waals surface area (Å²) in [4.78, 5) is 37.3. The molecule has 21 heavy (non-hydrogen) atoms. The van der Waals surface area contributed by atoms with Gasteiger partial charge in [-0.1, -0.05) is 30.3 Å². The molecular formula is C16H19NO4. The zero-order valence-electron chi connectivity index (χ0n) is 12.3. The van der Waals surface area contributed by atoms with E-state index < -0.39 is 11.4 Å². The fraction of sp³-hybridized carbons (Fsp3) is 0.438. The zero-order chi connectivity index (χ0) is 15.5. The highest BCUT2D eigenvalue weighted by Crippen LogP contribution is 2.37. The van der Waals surface area contributed by atoms with E-state index in [1.807, 2.05) is 30.3 Å². The van der Waals surface area contributed by atoms with Gasteiger partial charge in [0.25, 0.3) is 0 Å². The molecule has 0 spiro atoms. The van der Waals surface area contributed by atoms with Crippen LogP contribution in [-0.2, 0) is 24.5 Å². The van der Waals surface area contributed by atoms with Gasteiger partial charge in [0.05, 0.1) is 6.61 Å². The van der Waals surface area contributed by atoms with E-state index in [4.69, 9.17) is 4.74 Å². The van der Waals surface area contributed by atoms with Crippen LogP contribution in [0.1, 0.15) is 32.3 Å². The van der Waals surface area contributed by atoms with E-state index in [2.05, 4.69) is 0 Å². The molecule has 112 valence electrons. The fourth-order valence-corrected chi connectivity index (χ4v) is 2.77. The molecule has 2 amide bonds. The Morgan fingerprint density at radius 3 is 2.48 bits per heavy atom. The number of benzene rings is 1. The number of carbonyl (C=O) groups is 3. The molecular weight excluding hydrogens is 270 g/mol. The predicted molar refractivity (Wildman–Crippen MR) is 76.4 cm³/mol. The van der Waals surface area contributed by atoms with E-state index >= 15 is 0 Å². The van der Waals surface area contributed by atoms with Crippen molar-refractivity contribution in [3.05, 3.63) is 35.9 Å². The molecule has 1 saturated heterocycles. The van der Waals surface area contributed by atoms with Crippen molar-refractivity contribution in [3.8, 4) is 0 Å². The van der Waals surface area contributed by atoms with E-state index in [9.17, 15) is 14.4 Å². The highest BCUT2D eigenvalue weighted by atomic mass is 16.5. The Morgan fingerprint density at radius 2 is 1.95 bits per heavy atom. The van der Waals surface area contributed by atoms with Gasteiger partial charge >= 0.3 is 5.97 Å². The van der Waals surface area contributed by atoms with Crippen LogP contribution in [0.25, 0.3) is 0 Å². The van der Waals surface area contributed by atoms with E-state index in [1.54, 1.807) is 6.92 Å². The van der Waals surface area contributed by atoms with Crippen molar-refractivity contribution < 1.29 is 19.1 Å². The van der Waals surface area contributed by atoms with Crippen LogP contribution in [0.15, 0.2) is 30.3 Å². The summed E-state index contributed by atoms with van der Waals surface area (Å²) in [6, 6.07) is 9.17. The number of amides is 2. The predicted octanol–water partition coefficient (Wildman–Crippen LogP) is 1.66. The number of carbonyl (C=O) groups excluding carboxylic acids is 3. The summed E-state index contributed by atoms with van der Waals surface area (Å²) in [5.74, 6) is -1.01. The highest BCUT2D eigenvalue weighted by Gasteiger charge is 2.48. The zero-order valence-corrected chi connectivity index (χ0v) is 12.3. The van der Waals surface area contributed by atoms with Crippen molar-refractivity contribution in [2.45, 2.75) is 32.1 Å². The van der Waals surface area contributed by atoms with Crippen LogP contribution in [0.2, 0.25) is 0 Å². The van der Waals surface area contributed by atoms with Crippen LogP contribution in [0.5, 0.6) is 0 Å². The summed E-state index contributed by atoms with van der Waals surface area (Å²) in [5, 5.41) is 0. The third-order valence-corrected chi connectivity index (χ3v) is 3.89. The van der Waals surface area contributed by atoms with Gasteiger partial charge in [0.15, 0.2) is 0 Å². The molecule has 0 aromatic heterocycles. The molecule has 1 aliphatic rings. The quantitative estimate of drug-likeness (QED) is 0.794. The molecule has 0 radical (unpaired) electrons. The Labute approximate surface area is 123 Å². The molecule has 5 heteroatoms. The second-order valence-electron chi connectivity index (χ2n) is 5.16. The summed E-state index contributed by atoms with van der Waals surface area (Å²) < 4.78 is 5.19. The average Bonchev–Trinajstić information content (AvgIpc) is 2.47. The lowest BCUT2D eigenvalue weighted by atomic mass is 9.72. The summed E-state index contributed by atoms with van der Waals surface area (Å²) in [5.41, 5.74) is -0.222. The van der Waals surface area contributed by atoms with Crippen LogP contribution in [0.3, 0.4) is 0 Å². The van der Waals surface area contributed by atoms with Crippen molar-refractivity contribution in [3.63, 3.8) is 0 Å². The molecule has 1 atom stereocenters. The molecule has 1 aliphatic heterocycles. The second-order valence-corrected chi connectivity index (χ2v) is 5.16. The standard InChI is InChI=1S/C16H19NO4/c1-3-21-15(20)16(13-7-5-4-6-8-13)9-10-17(12(2)18)14(19)11-16/h4-8H,3,9-11H2,1-2H3. The molecule has 1 heterocycles. The number of hydrogen-bond donors (Lipinski definition) is 0. The van der Waals surface area contributed by atoms with Gasteiger partial charge in [-0.3, -0.25) is 19.3 Å². The molecule has 1 unspecified atom stereocenters. The SMILES string of the molecule is CCOC(=O)C1(c2ccccc2)CCN(C(C)=O)C(=O)C1. The van der Waals surface area contributed by atoms with Crippen molar-refractivity contribution in [1.82, 2.24) is 4.90 Å². The third-order valence-electron chi connectivity index (χ3n) is 3.89. The summed E-state index contributed by atoms with van der Waals surface area (Å²) in [6.45, 7) is 3.60. The summed E-state index contributed by atoms with van der Waals surface area (Å²) >= 11 is 0. The van der Waals surface area contributed by atoms with Crippen LogP contribution >= 0.6 is 0 Å². The number of imide groups is 1. The van der Waals surface area contributed by atoms with Crippen molar-refractivity contribution in [2.24, 2.45) is 0 Å². The highest BCUT2D eigenvalue weighted by molar-refractivity contribution is 5.99. The normalized spacial score (nSPS) is 22.0. The van der Waals surface area contributed by atoms with Crippen molar-refractivity contribution in [2.75, 3.05) is 13.2 Å². The van der Waals surface area contributed by atoms with Gasteiger partial charge in [-0.25, -0.2) is 0 Å². The summed E-state index contributed by atoms with van der Waals surface area (Å²) in [6.07, 6.45) is 0.358. The maximum Gasteiger partial charge on any atom is 0.317 e. The molecule has 1 aromatic carbocycles. The van der Waals surface area contributed by atoms with Crippen LogP contribution in [0.4, 0.5) is 0 Å². The van der Waals surface area contributed by atoms with Crippen LogP contribution < -0.4 is 0 Å². The number of esters is 1. The minimum absolute atomic E-state index is 0.0323. The van der Waals surface area contributed by atoms with Crippen LogP contribution in [-0.4, -0.2) is 35.8 Å². The first-order chi connectivity index (χ1) is 10.0. The largest absolute Gasteiger partial charge is 0.465 e. The van der Waals surface area contributed by atoms with Gasteiger partial charge in [-0.2, -0.15) is 0 Å². The van der Waals surface area contributed by atoms with Crippen molar-refractivity contribution in [1.29, 1.82) is 0 Å². The van der Waals surface area contributed by atoms with Gasteiger partial charge in [-0.15, -0.1) is 0 Å². The first-order valence-corrected chi connectivity index (χ1v) is 7.05. The molecule has 0 N–H and O–H groups in total. The molecule has 2 rings (SSSR count). The Bertz CT molecular complexity index is 555. The second kappa shape index (κ2) is 6.08. The molecule has 0 saturated carbocycles. The van der Waals surface area contributed by atoms with Gasteiger partial charge < -0.3 is 4.74 Å². The monoisotopic (exact) mass is 289 g/mol. The number of nitrogens with zero attached hydrogens (tertiary/aromatic N) is 1. The molecule has 0 bridgehead atoms. The maximum atomic E-state index is 12.5. The van der Waals surface area contributed by atoms with Crippen LogP contribution in [0, 0.1) is 0 Å². The lowest BCUT2D eigenvalue weighted by Crippen LogP contribution is -2.52. The lowest BCUT2D eigenvalue weighted by molar-refractivity contribution is -0.160. The minimum atomic E-state index is -0.986. The number of hydrogen-bond acceptors (Lipinski definition) is 4. The number of piperidine rings is 1. The maximum absolute atomic E-state index is 12.5. The summed E-state index contributed by atoms with van der Waals surface area (Å²) in [7, 11) is 0. The van der Waals surface area contributed by atoms with E-state index in [-0.39, 0.29) is 31.4 Å². The van der Waals surface area contributed by atoms with Gasteiger partial charge in [0.2, 0.25) is 11.8 Å². The first kappa shape index (κ1) is 15.2. The number of likely N-dealkylation sites (tertiary alicyclic amines) is 1. The topological polar surface area (TPSA) is 63.7 Å². The minimum Gasteiger partial charge on any atom is -0.465 e. The Balaban J connectivity index is 2.38. The van der Waals surface area contributed by atoms with Crippen molar-refractivity contribution >= 4 is 17.8 Å². The van der Waals surface area contributed by atoms with E-state index in [1.165, 1.54) is 11.8 Å². The number of ether oxygens (including phenoxy) is 1. The number of rotatable bonds is 3. The lowest BCUT2D eigenvalue weighted by Gasteiger charge is -2.38. The molecule has 0 aliphatic carbocycles. The third kappa shape index (κ3) is 2.82.